The molecule has 0 aromatic carbocycles. The second-order valence-electron chi connectivity index (χ2n) is 6.00. The Labute approximate surface area is 140 Å². The van der Waals surface area contributed by atoms with Crippen molar-refractivity contribution in [1.82, 2.24) is 19.3 Å². The normalized spacial score (nSPS) is 19.8. The minimum absolute atomic E-state index is 0.297. The van der Waals surface area contributed by atoms with E-state index < -0.39 is 10.0 Å². The van der Waals surface area contributed by atoms with E-state index in [9.17, 15) is 8.42 Å². The van der Waals surface area contributed by atoms with E-state index in [0.717, 1.165) is 41.2 Å². The van der Waals surface area contributed by atoms with Crippen LogP contribution < -0.4 is 0 Å². The molecule has 0 saturated carbocycles. The lowest BCUT2D eigenvalue weighted by Crippen LogP contribution is -2.39. The van der Waals surface area contributed by atoms with E-state index in [1.54, 1.807) is 28.0 Å². The molecule has 1 aliphatic rings. The van der Waals surface area contributed by atoms with Gasteiger partial charge >= 0.3 is 0 Å². The maximum atomic E-state index is 11.7. The molecule has 1 saturated heterocycles. The molecule has 0 unspecified atom stereocenters. The van der Waals surface area contributed by atoms with Crippen LogP contribution in [0.4, 0.5) is 0 Å². The Hall–Kier alpha value is -1.38. The van der Waals surface area contributed by atoms with E-state index in [-0.39, 0.29) is 0 Å². The van der Waals surface area contributed by atoms with Crippen LogP contribution in [-0.2, 0) is 16.4 Å². The van der Waals surface area contributed by atoms with Gasteiger partial charge in [0.1, 0.15) is 5.69 Å². The molecule has 23 heavy (non-hydrogen) atoms. The molecule has 0 bridgehead atoms. The summed E-state index contributed by atoms with van der Waals surface area (Å²) < 4.78 is 25.0. The Bertz CT molecular complexity index is 788. The number of piperidine rings is 1. The SMILES string of the molecule is Cc1ncsc1-c1cncc(C[C@@H]2CCCN(S(C)(=O)=O)C2)n1. The van der Waals surface area contributed by atoms with Crippen LogP contribution in [0.15, 0.2) is 17.9 Å². The Kier molecular flexibility index (Phi) is 4.74. The van der Waals surface area contributed by atoms with Crippen LogP contribution >= 0.6 is 11.3 Å². The number of rotatable bonds is 4. The minimum atomic E-state index is -3.11. The van der Waals surface area contributed by atoms with Gasteiger partial charge in [0.15, 0.2) is 0 Å². The van der Waals surface area contributed by atoms with Crippen molar-refractivity contribution in [2.45, 2.75) is 26.2 Å². The van der Waals surface area contributed by atoms with Crippen molar-refractivity contribution in [2.24, 2.45) is 5.92 Å². The second kappa shape index (κ2) is 6.62. The van der Waals surface area contributed by atoms with E-state index in [1.165, 1.54) is 6.26 Å². The van der Waals surface area contributed by atoms with Gasteiger partial charge < -0.3 is 0 Å². The van der Waals surface area contributed by atoms with Gasteiger partial charge in [0, 0.05) is 19.3 Å². The van der Waals surface area contributed by atoms with Crippen LogP contribution in [0, 0.1) is 12.8 Å². The highest BCUT2D eigenvalue weighted by atomic mass is 32.2. The van der Waals surface area contributed by atoms with E-state index in [1.807, 2.05) is 12.4 Å². The molecule has 1 fully saturated rings. The van der Waals surface area contributed by atoms with Gasteiger partial charge in [-0.05, 0) is 32.1 Å². The summed E-state index contributed by atoms with van der Waals surface area (Å²) in [5.41, 5.74) is 4.53. The molecule has 0 amide bonds. The van der Waals surface area contributed by atoms with Gasteiger partial charge in [0.05, 0.1) is 34.2 Å². The lowest BCUT2D eigenvalue weighted by molar-refractivity contribution is 0.265. The maximum Gasteiger partial charge on any atom is 0.211 e. The summed E-state index contributed by atoms with van der Waals surface area (Å²) >= 11 is 1.56. The molecule has 1 atom stereocenters. The summed E-state index contributed by atoms with van der Waals surface area (Å²) in [5, 5.41) is 0. The van der Waals surface area contributed by atoms with Gasteiger partial charge in [0.25, 0.3) is 0 Å². The minimum Gasteiger partial charge on any atom is -0.261 e. The quantitative estimate of drug-likeness (QED) is 0.842. The van der Waals surface area contributed by atoms with Crippen LogP contribution in [0.2, 0.25) is 0 Å². The molecule has 8 heteroatoms. The van der Waals surface area contributed by atoms with Crippen molar-refractivity contribution < 1.29 is 8.42 Å². The number of sulfonamides is 1. The zero-order chi connectivity index (χ0) is 16.4. The molecule has 2 aromatic rings. The predicted molar refractivity (Wildman–Crippen MR) is 90.7 cm³/mol. The molecule has 0 N–H and O–H groups in total. The standard InChI is InChI=1S/C15H20N4O2S2/c1-11-15(22-10-17-11)14-8-16-7-13(18-14)6-12-4-3-5-19(9-12)23(2,20)21/h7-8,10,12H,3-6,9H2,1-2H3/t12-/m0/s1. The fourth-order valence-electron chi connectivity index (χ4n) is 2.95. The first-order valence-electron chi connectivity index (χ1n) is 7.60. The maximum absolute atomic E-state index is 11.7. The van der Waals surface area contributed by atoms with Gasteiger partial charge in [-0.25, -0.2) is 22.7 Å². The van der Waals surface area contributed by atoms with Crippen LogP contribution in [0.1, 0.15) is 24.2 Å². The van der Waals surface area contributed by atoms with Crippen molar-refractivity contribution >= 4 is 21.4 Å². The molecule has 0 radical (unpaired) electrons. The number of hydrogen-bond acceptors (Lipinski definition) is 6. The van der Waals surface area contributed by atoms with Gasteiger partial charge in [-0.2, -0.15) is 0 Å². The van der Waals surface area contributed by atoms with E-state index >= 15 is 0 Å². The smallest absolute Gasteiger partial charge is 0.211 e. The van der Waals surface area contributed by atoms with E-state index in [4.69, 9.17) is 4.98 Å². The van der Waals surface area contributed by atoms with Crippen molar-refractivity contribution in [1.29, 1.82) is 0 Å². The summed E-state index contributed by atoms with van der Waals surface area (Å²) in [6, 6.07) is 0. The largest absolute Gasteiger partial charge is 0.261 e. The number of aromatic nitrogens is 3. The van der Waals surface area contributed by atoms with Crippen LogP contribution in [-0.4, -0.2) is 47.0 Å². The highest BCUT2D eigenvalue weighted by Gasteiger charge is 2.26. The summed E-state index contributed by atoms with van der Waals surface area (Å²) in [5.74, 6) is 0.297. The Morgan fingerprint density at radius 3 is 2.91 bits per heavy atom. The lowest BCUT2D eigenvalue weighted by atomic mass is 9.95. The first-order valence-corrected chi connectivity index (χ1v) is 10.3. The molecule has 6 nitrogen and oxygen atoms in total. The number of aryl methyl sites for hydroxylation is 1. The van der Waals surface area contributed by atoms with E-state index in [2.05, 4.69) is 9.97 Å². The van der Waals surface area contributed by atoms with Crippen LogP contribution in [0.5, 0.6) is 0 Å². The zero-order valence-corrected chi connectivity index (χ0v) is 14.9. The summed E-state index contributed by atoms with van der Waals surface area (Å²) in [7, 11) is -3.11. The third-order valence-corrected chi connectivity index (χ3v) is 6.33. The third-order valence-electron chi connectivity index (χ3n) is 4.11. The number of hydrogen-bond donors (Lipinski definition) is 0. The first-order chi connectivity index (χ1) is 10.9. The summed E-state index contributed by atoms with van der Waals surface area (Å²) in [4.78, 5) is 14.3. The fourth-order valence-corrected chi connectivity index (χ4v) is 4.65. The van der Waals surface area contributed by atoms with Gasteiger partial charge in [-0.1, -0.05) is 0 Å². The molecule has 0 aliphatic carbocycles. The number of thiazole rings is 1. The summed E-state index contributed by atoms with van der Waals surface area (Å²) in [6.07, 6.45) is 7.50. The monoisotopic (exact) mass is 352 g/mol. The summed E-state index contributed by atoms with van der Waals surface area (Å²) in [6.45, 7) is 3.16. The van der Waals surface area contributed by atoms with E-state index in [0.29, 0.717) is 19.0 Å². The Balaban J connectivity index is 1.75. The molecular formula is C15H20N4O2S2. The fraction of sp³-hybridized carbons (Fsp3) is 0.533. The van der Waals surface area contributed by atoms with Crippen LogP contribution in [0.25, 0.3) is 10.6 Å². The highest BCUT2D eigenvalue weighted by molar-refractivity contribution is 7.88. The van der Waals surface area contributed by atoms with Gasteiger partial charge in [-0.3, -0.25) is 4.98 Å². The Morgan fingerprint density at radius 2 is 2.22 bits per heavy atom. The Morgan fingerprint density at radius 1 is 1.39 bits per heavy atom. The highest BCUT2D eigenvalue weighted by Crippen LogP contribution is 2.26. The molecule has 1 aliphatic heterocycles. The van der Waals surface area contributed by atoms with Gasteiger partial charge in [-0.15, -0.1) is 11.3 Å². The molecule has 3 heterocycles. The average Bonchev–Trinajstić information content (AvgIpc) is 2.93. The third kappa shape index (κ3) is 3.94. The number of nitrogens with zero attached hydrogens (tertiary/aromatic N) is 4. The van der Waals surface area contributed by atoms with Crippen molar-refractivity contribution in [3.63, 3.8) is 0 Å². The molecule has 2 aromatic heterocycles. The lowest BCUT2D eigenvalue weighted by Gasteiger charge is -2.30. The molecule has 0 spiro atoms. The first kappa shape index (κ1) is 16.5. The topological polar surface area (TPSA) is 76.1 Å². The van der Waals surface area contributed by atoms with Crippen molar-refractivity contribution in [2.75, 3.05) is 19.3 Å². The van der Waals surface area contributed by atoms with Crippen molar-refractivity contribution in [3.05, 3.63) is 29.3 Å². The molecular weight excluding hydrogens is 332 g/mol. The molecule has 124 valence electrons. The second-order valence-corrected chi connectivity index (χ2v) is 8.83. The average molecular weight is 352 g/mol. The predicted octanol–water partition coefficient (Wildman–Crippen LogP) is 2.12. The zero-order valence-electron chi connectivity index (χ0n) is 13.3. The van der Waals surface area contributed by atoms with Crippen molar-refractivity contribution in [3.8, 4) is 10.6 Å². The molecule has 3 rings (SSSR count). The van der Waals surface area contributed by atoms with Crippen LogP contribution in [0.3, 0.4) is 0 Å². The van der Waals surface area contributed by atoms with Gasteiger partial charge in [0.2, 0.25) is 10.0 Å².